The van der Waals surface area contributed by atoms with Crippen molar-refractivity contribution in [2.45, 2.75) is 70.3 Å². The minimum absolute atomic E-state index is 0.0418. The number of nitrogens with one attached hydrogen (secondary N) is 1. The maximum absolute atomic E-state index is 12.2. The predicted octanol–water partition coefficient (Wildman–Crippen LogP) is 5.45. The van der Waals surface area contributed by atoms with E-state index in [0.29, 0.717) is 11.7 Å². The molecule has 2 nitrogen and oxygen atoms in total. The second kappa shape index (κ2) is 7.65. The van der Waals surface area contributed by atoms with Crippen LogP contribution in [0.25, 0.3) is 0 Å². The summed E-state index contributed by atoms with van der Waals surface area (Å²) in [7, 11) is 0. The van der Waals surface area contributed by atoms with Crippen molar-refractivity contribution in [3.63, 3.8) is 0 Å². The zero-order valence-electron chi connectivity index (χ0n) is 15.8. The van der Waals surface area contributed by atoms with Crippen molar-refractivity contribution in [1.82, 2.24) is 0 Å². The fourth-order valence-electron chi connectivity index (χ4n) is 4.53. The van der Waals surface area contributed by atoms with Gasteiger partial charge in [-0.2, -0.15) is 0 Å². The van der Waals surface area contributed by atoms with Gasteiger partial charge in [-0.15, -0.1) is 0 Å². The molecule has 4 rings (SSSR count). The van der Waals surface area contributed by atoms with Gasteiger partial charge in [-0.05, 0) is 73.3 Å². The fraction of sp³-hybridized carbons (Fsp3) is 0.458. The number of Topliss-reactive ketones (excluding diaryl/α,β-unsaturated/α-hetero) is 1. The molecule has 0 saturated heterocycles. The summed E-state index contributed by atoms with van der Waals surface area (Å²) in [4.78, 5) is 12.2. The van der Waals surface area contributed by atoms with Crippen LogP contribution in [-0.4, -0.2) is 11.8 Å². The molecule has 1 N–H and O–H groups in total. The van der Waals surface area contributed by atoms with Crippen molar-refractivity contribution < 1.29 is 4.79 Å². The quantitative estimate of drug-likeness (QED) is 0.705. The smallest absolute Gasteiger partial charge is 0.155 e. The van der Waals surface area contributed by atoms with Crippen LogP contribution < -0.4 is 5.32 Å². The third kappa shape index (κ3) is 3.56. The van der Waals surface area contributed by atoms with Crippen molar-refractivity contribution in [1.29, 1.82) is 0 Å². The van der Waals surface area contributed by atoms with Crippen LogP contribution in [0.15, 0.2) is 42.5 Å². The molecular weight excluding hydrogens is 318 g/mol. The molecule has 1 heterocycles. The first-order valence-electron chi connectivity index (χ1n) is 10.2. The predicted molar refractivity (Wildman–Crippen MR) is 108 cm³/mol. The lowest BCUT2D eigenvalue weighted by molar-refractivity contribution is -0.121. The number of anilines is 1. The molecule has 0 aromatic heterocycles. The minimum Gasteiger partial charge on any atom is -0.375 e. The number of unbranched alkanes of at least 4 members (excludes halogenated alkanes) is 1. The Labute approximate surface area is 157 Å². The van der Waals surface area contributed by atoms with Crippen LogP contribution in [0, 0.1) is 0 Å². The first-order valence-corrected chi connectivity index (χ1v) is 10.2. The first kappa shape index (κ1) is 17.3. The molecule has 0 unspecified atom stereocenters. The molecule has 1 fully saturated rings. The van der Waals surface area contributed by atoms with Crippen LogP contribution in [0.1, 0.15) is 67.2 Å². The van der Waals surface area contributed by atoms with Crippen molar-refractivity contribution >= 4 is 11.5 Å². The summed E-state index contributed by atoms with van der Waals surface area (Å²) in [5.74, 6) is 0.805. The van der Waals surface area contributed by atoms with Gasteiger partial charge >= 0.3 is 0 Å². The van der Waals surface area contributed by atoms with Crippen LogP contribution in [-0.2, 0) is 24.1 Å². The van der Waals surface area contributed by atoms with Gasteiger partial charge in [-0.25, -0.2) is 0 Å². The maximum Gasteiger partial charge on any atom is 0.155 e. The zero-order chi connectivity index (χ0) is 17.9. The summed E-state index contributed by atoms with van der Waals surface area (Å²) in [6.07, 6.45) is 8.75. The third-order valence-corrected chi connectivity index (χ3v) is 6.13. The highest BCUT2D eigenvalue weighted by molar-refractivity contribution is 5.91. The Bertz CT molecular complexity index is 777. The summed E-state index contributed by atoms with van der Waals surface area (Å²) in [5, 5.41) is 3.50. The topological polar surface area (TPSA) is 29.1 Å². The van der Waals surface area contributed by atoms with E-state index >= 15 is 0 Å². The van der Waals surface area contributed by atoms with E-state index in [2.05, 4.69) is 54.7 Å². The van der Waals surface area contributed by atoms with Gasteiger partial charge in [0.25, 0.3) is 0 Å². The Morgan fingerprint density at radius 3 is 2.42 bits per heavy atom. The highest BCUT2D eigenvalue weighted by Gasteiger charge is 2.38. The summed E-state index contributed by atoms with van der Waals surface area (Å²) in [5.41, 5.74) is 6.83. The number of carbonyl (C=O) groups excluding carboxylic acids is 1. The van der Waals surface area contributed by atoms with Crippen LogP contribution >= 0.6 is 0 Å². The van der Waals surface area contributed by atoms with Crippen molar-refractivity contribution in [2.24, 2.45) is 0 Å². The van der Waals surface area contributed by atoms with Crippen LogP contribution in [0.2, 0.25) is 0 Å². The van der Waals surface area contributed by atoms with Crippen molar-refractivity contribution in [2.75, 3.05) is 5.32 Å². The molecule has 2 aromatic carbocycles. The van der Waals surface area contributed by atoms with Gasteiger partial charge in [0.15, 0.2) is 5.78 Å². The zero-order valence-corrected chi connectivity index (χ0v) is 15.8. The second-order valence-electron chi connectivity index (χ2n) is 7.89. The normalized spacial score (nSPS) is 21.2. The van der Waals surface area contributed by atoms with E-state index in [1.165, 1.54) is 40.8 Å². The van der Waals surface area contributed by atoms with E-state index in [1.807, 2.05) is 0 Å². The highest BCUT2D eigenvalue weighted by atomic mass is 16.1. The number of ketones is 1. The number of fused-ring (bicyclic) bond motifs is 3. The Hall–Kier alpha value is -2.09. The standard InChI is InChI=1S/C24H29NO/c1-2-17-10-12-18(13-11-17)6-3-4-7-19-14-15-20-21-8-5-9-23(26)24(21)25-22(20)16-19/h10-16,21,24-25H,2-9H2,1H3/t21-,24-/m1/s1. The summed E-state index contributed by atoms with van der Waals surface area (Å²) >= 11 is 0. The molecule has 1 saturated carbocycles. The number of hydrogen-bond donors (Lipinski definition) is 1. The lowest BCUT2D eigenvalue weighted by Gasteiger charge is -2.23. The molecule has 0 radical (unpaired) electrons. The molecule has 1 aliphatic carbocycles. The molecule has 2 atom stereocenters. The first-order chi connectivity index (χ1) is 12.7. The molecular formula is C24H29NO. The number of aryl methyl sites for hydroxylation is 3. The van der Waals surface area contributed by atoms with Gasteiger partial charge in [0.1, 0.15) is 0 Å². The van der Waals surface area contributed by atoms with Gasteiger partial charge < -0.3 is 5.32 Å². The lowest BCUT2D eigenvalue weighted by atomic mass is 9.82. The molecule has 0 amide bonds. The Morgan fingerprint density at radius 1 is 0.962 bits per heavy atom. The molecule has 2 heteroatoms. The highest BCUT2D eigenvalue weighted by Crippen LogP contribution is 2.42. The summed E-state index contributed by atoms with van der Waals surface area (Å²) in [6.45, 7) is 2.20. The maximum atomic E-state index is 12.2. The molecule has 136 valence electrons. The van der Waals surface area contributed by atoms with E-state index < -0.39 is 0 Å². The molecule has 1 aliphatic heterocycles. The summed E-state index contributed by atoms with van der Waals surface area (Å²) in [6, 6.07) is 15.9. The second-order valence-corrected chi connectivity index (χ2v) is 7.89. The van der Waals surface area contributed by atoms with E-state index in [9.17, 15) is 4.79 Å². The largest absolute Gasteiger partial charge is 0.375 e. The van der Waals surface area contributed by atoms with Gasteiger partial charge in [0.05, 0.1) is 6.04 Å². The molecule has 26 heavy (non-hydrogen) atoms. The number of rotatable bonds is 6. The van der Waals surface area contributed by atoms with Crippen LogP contribution in [0.3, 0.4) is 0 Å². The van der Waals surface area contributed by atoms with E-state index in [-0.39, 0.29) is 6.04 Å². The number of carbonyl (C=O) groups is 1. The average molecular weight is 348 g/mol. The number of hydrogen-bond acceptors (Lipinski definition) is 2. The van der Waals surface area contributed by atoms with Gasteiger partial charge in [0.2, 0.25) is 0 Å². The van der Waals surface area contributed by atoms with Crippen molar-refractivity contribution in [3.8, 4) is 0 Å². The third-order valence-electron chi connectivity index (χ3n) is 6.13. The SMILES string of the molecule is CCc1ccc(CCCCc2ccc3c(c2)N[C@H]2C(=O)CCC[C@H]32)cc1. The van der Waals surface area contributed by atoms with E-state index in [0.717, 1.165) is 38.5 Å². The minimum atomic E-state index is 0.0418. The summed E-state index contributed by atoms with van der Waals surface area (Å²) < 4.78 is 0. The van der Waals surface area contributed by atoms with Gasteiger partial charge in [0, 0.05) is 18.0 Å². The molecule has 0 spiro atoms. The Kier molecular flexibility index (Phi) is 5.10. The lowest BCUT2D eigenvalue weighted by Crippen LogP contribution is -2.33. The molecule has 0 bridgehead atoms. The Morgan fingerprint density at radius 2 is 1.65 bits per heavy atom. The number of benzene rings is 2. The molecule has 2 aliphatic rings. The fourth-order valence-corrected chi connectivity index (χ4v) is 4.53. The van der Waals surface area contributed by atoms with Gasteiger partial charge in [-0.1, -0.05) is 43.3 Å². The van der Waals surface area contributed by atoms with Crippen LogP contribution in [0.4, 0.5) is 5.69 Å². The average Bonchev–Trinajstić information content (AvgIpc) is 3.05. The molecule has 2 aromatic rings. The Balaban J connectivity index is 1.31. The van der Waals surface area contributed by atoms with Crippen molar-refractivity contribution in [3.05, 3.63) is 64.7 Å². The van der Waals surface area contributed by atoms with Crippen LogP contribution in [0.5, 0.6) is 0 Å². The van der Waals surface area contributed by atoms with E-state index in [4.69, 9.17) is 0 Å². The monoisotopic (exact) mass is 347 g/mol. The van der Waals surface area contributed by atoms with Gasteiger partial charge in [-0.3, -0.25) is 4.79 Å². The van der Waals surface area contributed by atoms with E-state index in [1.54, 1.807) is 0 Å².